The molecule has 0 bridgehead atoms. The molecule has 0 saturated heterocycles. The summed E-state index contributed by atoms with van der Waals surface area (Å²) in [5.41, 5.74) is 2.17. The minimum absolute atomic E-state index is 0.327. The number of fused-ring (bicyclic) bond motifs is 1. The minimum atomic E-state index is -1.13. The van der Waals surface area contributed by atoms with Crippen molar-refractivity contribution in [2.24, 2.45) is 0 Å². The summed E-state index contributed by atoms with van der Waals surface area (Å²) in [5.74, 6) is -2.53. The van der Waals surface area contributed by atoms with Gasteiger partial charge in [-0.3, -0.25) is 14.5 Å². The molecule has 18 heavy (non-hydrogen) atoms. The second kappa shape index (κ2) is 3.94. The van der Waals surface area contributed by atoms with Gasteiger partial charge in [0.05, 0.1) is 11.3 Å². The van der Waals surface area contributed by atoms with Gasteiger partial charge in [-0.05, 0) is 31.9 Å². The normalized spacial score (nSPS) is 15.8. The fraction of sp³-hybridized carbons (Fsp3) is 0.308. The lowest BCUT2D eigenvalue weighted by atomic mass is 10.0. The summed E-state index contributed by atoms with van der Waals surface area (Å²) < 4.78 is 0. The van der Waals surface area contributed by atoms with Crippen molar-refractivity contribution in [2.75, 3.05) is 4.90 Å². The highest BCUT2D eigenvalue weighted by molar-refractivity contribution is 6.53. The number of carboxylic acid groups (broad SMARTS) is 1. The Bertz CT molecular complexity index is 577. The maximum atomic E-state index is 11.9. The van der Waals surface area contributed by atoms with Crippen LogP contribution in [0, 0.1) is 13.8 Å². The third-order valence-electron chi connectivity index (χ3n) is 3.21. The van der Waals surface area contributed by atoms with Gasteiger partial charge in [0.2, 0.25) is 0 Å². The second-order valence-electron chi connectivity index (χ2n) is 4.44. The average molecular weight is 247 g/mol. The zero-order chi connectivity index (χ0) is 13.6. The Hall–Kier alpha value is -2.17. The van der Waals surface area contributed by atoms with Gasteiger partial charge in [-0.2, -0.15) is 0 Å². The molecule has 94 valence electrons. The van der Waals surface area contributed by atoms with E-state index in [0.717, 1.165) is 10.5 Å². The second-order valence-corrected chi connectivity index (χ2v) is 4.44. The first-order valence-corrected chi connectivity index (χ1v) is 5.57. The number of rotatable bonds is 2. The summed E-state index contributed by atoms with van der Waals surface area (Å²) in [6.07, 6.45) is 0. The van der Waals surface area contributed by atoms with E-state index < -0.39 is 23.7 Å². The molecule has 1 aromatic rings. The largest absolute Gasteiger partial charge is 0.480 e. The molecule has 0 aromatic heterocycles. The fourth-order valence-electron chi connectivity index (χ4n) is 2.19. The summed E-state index contributed by atoms with van der Waals surface area (Å²) in [7, 11) is 0. The third kappa shape index (κ3) is 1.51. The standard InChI is InChI=1S/C13H13NO4/c1-6-4-5-7(2)10-9(6)11(15)12(16)14(10)8(3)13(17)18/h4-5,8H,1-3H3,(H,17,18). The van der Waals surface area contributed by atoms with Crippen molar-refractivity contribution >= 4 is 23.3 Å². The quantitative estimate of drug-likeness (QED) is 0.799. The first-order valence-electron chi connectivity index (χ1n) is 5.57. The molecule has 1 aromatic carbocycles. The highest BCUT2D eigenvalue weighted by atomic mass is 16.4. The van der Waals surface area contributed by atoms with Crippen molar-refractivity contribution in [1.29, 1.82) is 0 Å². The zero-order valence-electron chi connectivity index (χ0n) is 10.4. The molecule has 1 aliphatic heterocycles. The number of aliphatic carboxylic acids is 1. The number of aryl methyl sites for hydroxylation is 2. The molecular weight excluding hydrogens is 234 g/mol. The van der Waals surface area contributed by atoms with E-state index in [1.807, 2.05) is 0 Å². The van der Waals surface area contributed by atoms with Crippen molar-refractivity contribution in [3.8, 4) is 0 Å². The van der Waals surface area contributed by atoms with Crippen LogP contribution in [0.5, 0.6) is 0 Å². The number of Topliss-reactive ketones (excluding diaryl/α,β-unsaturated/α-hetero) is 1. The number of carbonyl (C=O) groups is 3. The number of benzene rings is 1. The lowest BCUT2D eigenvalue weighted by Crippen LogP contribution is -2.42. The molecule has 0 spiro atoms. The first kappa shape index (κ1) is 12.3. The number of carboxylic acids is 1. The molecule has 1 N–H and O–H groups in total. The summed E-state index contributed by atoms with van der Waals surface area (Å²) in [4.78, 5) is 36.0. The van der Waals surface area contributed by atoms with E-state index in [0.29, 0.717) is 16.8 Å². The van der Waals surface area contributed by atoms with Gasteiger partial charge in [0.15, 0.2) is 0 Å². The summed E-state index contributed by atoms with van der Waals surface area (Å²) >= 11 is 0. The van der Waals surface area contributed by atoms with Crippen molar-refractivity contribution < 1.29 is 19.5 Å². The third-order valence-corrected chi connectivity index (χ3v) is 3.21. The number of amides is 1. The molecule has 0 fully saturated rings. The molecule has 5 nitrogen and oxygen atoms in total. The number of ketones is 1. The van der Waals surface area contributed by atoms with E-state index in [9.17, 15) is 14.4 Å². The predicted octanol–water partition coefficient (Wildman–Crippen LogP) is 1.31. The molecule has 1 aliphatic rings. The molecule has 1 amide bonds. The Morgan fingerprint density at radius 2 is 1.78 bits per heavy atom. The SMILES string of the molecule is Cc1ccc(C)c2c1C(=O)C(=O)N2C(C)C(=O)O. The molecular formula is C13H13NO4. The van der Waals surface area contributed by atoms with Gasteiger partial charge in [-0.1, -0.05) is 12.1 Å². The van der Waals surface area contributed by atoms with Crippen LogP contribution >= 0.6 is 0 Å². The minimum Gasteiger partial charge on any atom is -0.480 e. The van der Waals surface area contributed by atoms with E-state index in [1.165, 1.54) is 6.92 Å². The molecule has 1 heterocycles. The highest BCUT2D eigenvalue weighted by Gasteiger charge is 2.42. The van der Waals surface area contributed by atoms with Crippen LogP contribution in [0.3, 0.4) is 0 Å². The maximum absolute atomic E-state index is 11.9. The van der Waals surface area contributed by atoms with Crippen molar-refractivity contribution in [1.82, 2.24) is 0 Å². The van der Waals surface area contributed by atoms with Gasteiger partial charge < -0.3 is 5.11 Å². The summed E-state index contributed by atoms with van der Waals surface area (Å²) in [5, 5.41) is 9.03. The molecule has 0 saturated carbocycles. The van der Waals surface area contributed by atoms with Crippen LogP contribution in [-0.4, -0.2) is 28.8 Å². The van der Waals surface area contributed by atoms with Crippen molar-refractivity contribution in [2.45, 2.75) is 26.8 Å². The topological polar surface area (TPSA) is 74.7 Å². The van der Waals surface area contributed by atoms with Crippen LogP contribution in [0.4, 0.5) is 5.69 Å². The van der Waals surface area contributed by atoms with Crippen molar-refractivity contribution in [3.63, 3.8) is 0 Å². The van der Waals surface area contributed by atoms with Crippen molar-refractivity contribution in [3.05, 3.63) is 28.8 Å². The van der Waals surface area contributed by atoms with E-state index in [4.69, 9.17) is 5.11 Å². The molecule has 1 atom stereocenters. The van der Waals surface area contributed by atoms with E-state index in [2.05, 4.69) is 0 Å². The summed E-state index contributed by atoms with van der Waals surface area (Å²) in [6, 6.07) is 2.49. The number of anilines is 1. The summed E-state index contributed by atoms with van der Waals surface area (Å²) in [6.45, 7) is 4.88. The smallest absolute Gasteiger partial charge is 0.326 e. The van der Waals surface area contributed by atoms with Gasteiger partial charge in [0.1, 0.15) is 6.04 Å². The zero-order valence-corrected chi connectivity index (χ0v) is 10.4. The average Bonchev–Trinajstić information content (AvgIpc) is 2.58. The molecule has 0 radical (unpaired) electrons. The van der Waals surface area contributed by atoms with Gasteiger partial charge >= 0.3 is 5.97 Å². The predicted molar refractivity (Wildman–Crippen MR) is 64.8 cm³/mol. The fourth-order valence-corrected chi connectivity index (χ4v) is 2.19. The Kier molecular flexibility index (Phi) is 2.69. The van der Waals surface area contributed by atoms with Crippen LogP contribution in [0.15, 0.2) is 12.1 Å². The molecule has 2 rings (SSSR count). The van der Waals surface area contributed by atoms with E-state index in [-0.39, 0.29) is 0 Å². The van der Waals surface area contributed by atoms with Gasteiger partial charge in [0, 0.05) is 0 Å². The Balaban J connectivity index is 2.69. The van der Waals surface area contributed by atoms with Crippen LogP contribution in [0.25, 0.3) is 0 Å². The highest BCUT2D eigenvalue weighted by Crippen LogP contribution is 2.35. The van der Waals surface area contributed by atoms with Gasteiger partial charge in [-0.15, -0.1) is 0 Å². The molecule has 5 heteroatoms. The van der Waals surface area contributed by atoms with Crippen LogP contribution in [-0.2, 0) is 9.59 Å². The Morgan fingerprint density at radius 3 is 2.33 bits per heavy atom. The van der Waals surface area contributed by atoms with E-state index >= 15 is 0 Å². The Morgan fingerprint density at radius 1 is 1.22 bits per heavy atom. The lowest BCUT2D eigenvalue weighted by molar-refractivity contribution is -0.139. The molecule has 1 unspecified atom stereocenters. The number of nitrogens with zero attached hydrogens (tertiary/aromatic N) is 1. The Labute approximate surface area is 104 Å². The van der Waals surface area contributed by atoms with E-state index in [1.54, 1.807) is 26.0 Å². The van der Waals surface area contributed by atoms with Crippen LogP contribution in [0.2, 0.25) is 0 Å². The number of hydrogen-bond acceptors (Lipinski definition) is 3. The molecule has 0 aliphatic carbocycles. The van der Waals surface area contributed by atoms with Gasteiger partial charge in [-0.25, -0.2) is 4.79 Å². The lowest BCUT2D eigenvalue weighted by Gasteiger charge is -2.22. The van der Waals surface area contributed by atoms with Crippen LogP contribution in [0.1, 0.15) is 28.4 Å². The number of hydrogen-bond donors (Lipinski definition) is 1. The number of carbonyl (C=O) groups excluding carboxylic acids is 2. The monoisotopic (exact) mass is 247 g/mol. The maximum Gasteiger partial charge on any atom is 0.326 e. The van der Waals surface area contributed by atoms with Crippen LogP contribution < -0.4 is 4.90 Å². The van der Waals surface area contributed by atoms with Gasteiger partial charge in [0.25, 0.3) is 11.7 Å². The first-order chi connectivity index (χ1) is 8.36.